The molecule has 0 unspecified atom stereocenters. The molecule has 4 rings (SSSR count). The molecule has 0 fully saturated rings. The van der Waals surface area contributed by atoms with E-state index >= 15 is 0 Å². The van der Waals surface area contributed by atoms with Gasteiger partial charge in [-0.3, -0.25) is 4.98 Å². The number of para-hydroxylation sites is 3. The minimum absolute atomic E-state index is 0.0764. The largest absolute Gasteiger partial charge is 0.489 e. The maximum atomic E-state index is 5.88. The average molecular weight is 385 g/mol. The van der Waals surface area contributed by atoms with Gasteiger partial charge < -0.3 is 15.4 Å². The molecule has 0 radical (unpaired) electrons. The van der Waals surface area contributed by atoms with Crippen molar-refractivity contribution in [1.29, 1.82) is 0 Å². The smallest absolute Gasteiger partial charge is 0.229 e. The van der Waals surface area contributed by atoms with Gasteiger partial charge in [-0.2, -0.15) is 4.98 Å². The Morgan fingerprint density at radius 2 is 1.66 bits per heavy atom. The Morgan fingerprint density at radius 3 is 2.52 bits per heavy atom. The molecule has 6 heteroatoms. The number of rotatable bonds is 6. The number of hydrogen-bond donors (Lipinski definition) is 2. The van der Waals surface area contributed by atoms with Crippen LogP contribution < -0.4 is 15.4 Å². The first-order valence-corrected chi connectivity index (χ1v) is 9.57. The lowest BCUT2D eigenvalue weighted by Crippen LogP contribution is -2.08. The van der Waals surface area contributed by atoms with E-state index in [0.717, 1.165) is 33.7 Å². The lowest BCUT2D eigenvalue weighted by Gasteiger charge is -2.15. The van der Waals surface area contributed by atoms with Crippen LogP contribution in [0, 0.1) is 6.92 Å². The fraction of sp³-hybridized carbons (Fsp3) is 0.174. The van der Waals surface area contributed by atoms with Crippen LogP contribution in [0.15, 0.2) is 66.9 Å². The van der Waals surface area contributed by atoms with Crippen LogP contribution in [0.4, 0.5) is 23.1 Å². The summed E-state index contributed by atoms with van der Waals surface area (Å²) in [7, 11) is 0. The van der Waals surface area contributed by atoms with Gasteiger partial charge in [-0.1, -0.05) is 30.3 Å². The fourth-order valence-electron chi connectivity index (χ4n) is 3.08. The molecular formula is C23H23N5O. The van der Waals surface area contributed by atoms with Crippen molar-refractivity contribution in [2.45, 2.75) is 26.9 Å². The lowest BCUT2D eigenvalue weighted by molar-refractivity contribution is 0.244. The van der Waals surface area contributed by atoms with Crippen LogP contribution >= 0.6 is 0 Å². The van der Waals surface area contributed by atoms with E-state index in [2.05, 4.69) is 25.6 Å². The monoisotopic (exact) mass is 385 g/mol. The van der Waals surface area contributed by atoms with Gasteiger partial charge in [0.05, 0.1) is 23.0 Å². The highest BCUT2D eigenvalue weighted by Gasteiger charge is 2.09. The van der Waals surface area contributed by atoms with Gasteiger partial charge in [-0.25, -0.2) is 4.98 Å². The van der Waals surface area contributed by atoms with Crippen LogP contribution in [0.2, 0.25) is 0 Å². The second-order valence-electron chi connectivity index (χ2n) is 7.01. The van der Waals surface area contributed by atoms with Crippen molar-refractivity contribution in [3.63, 3.8) is 0 Å². The van der Waals surface area contributed by atoms with Crippen LogP contribution in [0.1, 0.15) is 19.5 Å². The Balaban J connectivity index is 1.63. The number of benzene rings is 2. The van der Waals surface area contributed by atoms with Gasteiger partial charge in [0.2, 0.25) is 5.95 Å². The molecule has 0 atom stereocenters. The van der Waals surface area contributed by atoms with Crippen molar-refractivity contribution in [3.05, 3.63) is 72.6 Å². The summed E-state index contributed by atoms with van der Waals surface area (Å²) in [5.74, 6) is 1.96. The molecule has 0 amide bonds. The van der Waals surface area contributed by atoms with Crippen LogP contribution in [-0.2, 0) is 0 Å². The molecule has 0 saturated heterocycles. The number of nitrogens with one attached hydrogen (secondary N) is 2. The summed E-state index contributed by atoms with van der Waals surface area (Å²) < 4.78 is 5.88. The number of hydrogen-bond acceptors (Lipinski definition) is 6. The van der Waals surface area contributed by atoms with Crippen molar-refractivity contribution in [1.82, 2.24) is 15.0 Å². The molecule has 6 nitrogen and oxygen atoms in total. The van der Waals surface area contributed by atoms with Gasteiger partial charge in [0.25, 0.3) is 0 Å². The summed E-state index contributed by atoms with van der Waals surface area (Å²) in [6.07, 6.45) is 1.87. The van der Waals surface area contributed by atoms with Gasteiger partial charge in [0.1, 0.15) is 11.6 Å². The molecular weight excluding hydrogens is 362 g/mol. The zero-order valence-corrected chi connectivity index (χ0v) is 16.7. The highest BCUT2D eigenvalue weighted by Crippen LogP contribution is 2.29. The zero-order chi connectivity index (χ0) is 20.2. The normalized spacial score (nSPS) is 10.9. The molecule has 0 bridgehead atoms. The van der Waals surface area contributed by atoms with Gasteiger partial charge >= 0.3 is 0 Å². The SMILES string of the molecule is Cc1cc(Nc2cccc3cccnc23)nc(Nc2ccccc2OC(C)C)n1. The molecule has 2 N–H and O–H groups in total. The third-order valence-corrected chi connectivity index (χ3v) is 4.25. The van der Waals surface area contributed by atoms with Gasteiger partial charge in [0, 0.05) is 23.3 Å². The molecule has 0 aliphatic heterocycles. The van der Waals surface area contributed by atoms with E-state index in [9.17, 15) is 0 Å². The van der Waals surface area contributed by atoms with E-state index in [1.165, 1.54) is 0 Å². The number of nitrogens with zero attached hydrogens (tertiary/aromatic N) is 3. The lowest BCUT2D eigenvalue weighted by atomic mass is 10.2. The molecule has 0 spiro atoms. The Labute approximate surface area is 170 Å². The maximum Gasteiger partial charge on any atom is 0.229 e. The van der Waals surface area contributed by atoms with Crippen molar-refractivity contribution < 1.29 is 4.74 Å². The van der Waals surface area contributed by atoms with E-state index < -0.39 is 0 Å². The van der Waals surface area contributed by atoms with Gasteiger partial charge in [-0.15, -0.1) is 0 Å². The van der Waals surface area contributed by atoms with E-state index in [-0.39, 0.29) is 6.10 Å². The molecule has 4 aromatic rings. The first-order chi connectivity index (χ1) is 14.1. The molecule has 29 heavy (non-hydrogen) atoms. The second kappa shape index (κ2) is 8.14. The minimum atomic E-state index is 0.0764. The molecule has 2 heterocycles. The van der Waals surface area contributed by atoms with Crippen molar-refractivity contribution in [2.24, 2.45) is 0 Å². The van der Waals surface area contributed by atoms with Gasteiger partial charge in [0.15, 0.2) is 0 Å². The van der Waals surface area contributed by atoms with Crippen LogP contribution in [0.3, 0.4) is 0 Å². The highest BCUT2D eigenvalue weighted by molar-refractivity contribution is 5.91. The topological polar surface area (TPSA) is 72.0 Å². The highest BCUT2D eigenvalue weighted by atomic mass is 16.5. The van der Waals surface area contributed by atoms with Crippen LogP contribution in [-0.4, -0.2) is 21.1 Å². The quantitative estimate of drug-likeness (QED) is 0.450. The predicted octanol–water partition coefficient (Wildman–Crippen LogP) is 5.61. The summed E-state index contributed by atoms with van der Waals surface area (Å²) in [6.45, 7) is 5.94. The molecule has 2 aromatic heterocycles. The Hall–Kier alpha value is -3.67. The van der Waals surface area contributed by atoms with Crippen LogP contribution in [0.25, 0.3) is 10.9 Å². The van der Waals surface area contributed by atoms with Crippen LogP contribution in [0.5, 0.6) is 5.75 Å². The molecule has 0 aliphatic rings. The molecule has 146 valence electrons. The molecule has 0 saturated carbocycles. The first kappa shape index (κ1) is 18.7. The van der Waals surface area contributed by atoms with Crippen molar-refractivity contribution in [3.8, 4) is 5.75 Å². The number of anilines is 4. The third kappa shape index (κ3) is 4.43. The first-order valence-electron chi connectivity index (χ1n) is 9.57. The van der Waals surface area contributed by atoms with Gasteiger partial charge in [-0.05, 0) is 45.0 Å². The van der Waals surface area contributed by atoms with Crippen molar-refractivity contribution in [2.75, 3.05) is 10.6 Å². The standard InChI is InChI=1S/C23H23N5O/c1-15(2)29-20-12-5-4-10-18(20)27-23-25-16(3)14-21(28-23)26-19-11-6-8-17-9-7-13-24-22(17)19/h4-15H,1-3H3,(H2,25,26,27,28). The maximum absolute atomic E-state index is 5.88. The van der Waals surface area contributed by atoms with E-state index in [4.69, 9.17) is 4.74 Å². The number of aromatic nitrogens is 3. The van der Waals surface area contributed by atoms with E-state index in [0.29, 0.717) is 11.8 Å². The minimum Gasteiger partial charge on any atom is -0.489 e. The second-order valence-corrected chi connectivity index (χ2v) is 7.01. The summed E-state index contributed by atoms with van der Waals surface area (Å²) in [6, 6.07) is 19.7. The predicted molar refractivity (Wildman–Crippen MR) is 117 cm³/mol. The zero-order valence-electron chi connectivity index (χ0n) is 16.7. The third-order valence-electron chi connectivity index (χ3n) is 4.25. The van der Waals surface area contributed by atoms with E-state index in [1.54, 1.807) is 6.20 Å². The number of pyridine rings is 1. The van der Waals surface area contributed by atoms with E-state index in [1.807, 2.05) is 81.4 Å². The molecule has 2 aromatic carbocycles. The Morgan fingerprint density at radius 1 is 0.862 bits per heavy atom. The summed E-state index contributed by atoms with van der Waals surface area (Å²) >= 11 is 0. The number of aryl methyl sites for hydroxylation is 1. The van der Waals surface area contributed by atoms with Crippen molar-refractivity contribution >= 4 is 34.0 Å². The molecule has 0 aliphatic carbocycles. The summed E-state index contributed by atoms with van der Waals surface area (Å²) in [5, 5.41) is 7.73. The number of ether oxygens (including phenoxy) is 1. The fourth-order valence-corrected chi connectivity index (χ4v) is 3.08. The Kier molecular flexibility index (Phi) is 5.24. The summed E-state index contributed by atoms with van der Waals surface area (Å²) in [4.78, 5) is 13.6. The number of fused-ring (bicyclic) bond motifs is 1. The summed E-state index contributed by atoms with van der Waals surface area (Å²) in [5.41, 5.74) is 3.47. The average Bonchev–Trinajstić information content (AvgIpc) is 2.69. The Bertz CT molecular complexity index is 1140.